The molecule has 7 rings (SSSR count). The van der Waals surface area contributed by atoms with Crippen LogP contribution in [0.3, 0.4) is 0 Å². The van der Waals surface area contributed by atoms with Gasteiger partial charge in [0, 0.05) is 40.5 Å². The van der Waals surface area contributed by atoms with Crippen molar-refractivity contribution < 1.29 is 16.8 Å². The summed E-state index contributed by atoms with van der Waals surface area (Å²) in [7, 11) is 3.33. The molecule has 0 N–H and O–H groups in total. The number of hydrogen-bond donors (Lipinski definition) is 0. The van der Waals surface area contributed by atoms with Crippen LogP contribution in [0.1, 0.15) is 200 Å². The van der Waals surface area contributed by atoms with Gasteiger partial charge in [0.1, 0.15) is 0 Å². The van der Waals surface area contributed by atoms with Gasteiger partial charge in [0.15, 0.2) is 0 Å². The summed E-state index contributed by atoms with van der Waals surface area (Å²) in [5.74, 6) is 0. The summed E-state index contributed by atoms with van der Waals surface area (Å²) in [6.07, 6.45) is 53.5. The van der Waals surface area contributed by atoms with Crippen LogP contribution in [0.25, 0.3) is 0 Å². The Kier molecular flexibility index (Phi) is 20.0. The third-order valence-corrected chi connectivity index (χ3v) is 31.6. The molecule has 6 fully saturated rings. The smallest absolute Gasteiger partial charge is 0.0700 e. The Morgan fingerprint density at radius 3 is 0.646 bits per heavy atom. The molecule has 1 aromatic heterocycles. The summed E-state index contributed by atoms with van der Waals surface area (Å²) in [6.45, 7) is 3.05. The van der Waals surface area contributed by atoms with Crippen molar-refractivity contribution in [2.24, 2.45) is 5.41 Å². The Hall–Kier alpha value is 2.70. The van der Waals surface area contributed by atoms with Gasteiger partial charge in [0.2, 0.25) is 0 Å². The maximum Gasteiger partial charge on any atom is 0.0700 e. The van der Waals surface area contributed by atoms with Crippen LogP contribution in [0.5, 0.6) is 0 Å². The first-order valence-corrected chi connectivity index (χ1v) is 33.6. The summed E-state index contributed by atoms with van der Waals surface area (Å²) in [6, 6.07) is 0. The van der Waals surface area contributed by atoms with Gasteiger partial charge in [-0.25, -0.2) is 0 Å². The van der Waals surface area contributed by atoms with Crippen molar-refractivity contribution >= 4 is 46.4 Å². The number of rotatable bonds is 12. The van der Waals surface area contributed by atoms with E-state index in [0.717, 1.165) is 5.41 Å². The first-order valence-electron chi connectivity index (χ1n) is 22.0. The Labute approximate surface area is 318 Å². The minimum absolute atomic E-state index is 0. The fourth-order valence-corrected chi connectivity index (χ4v) is 27.5. The van der Waals surface area contributed by atoms with Gasteiger partial charge < -0.3 is 0 Å². The molecule has 0 saturated heterocycles. The van der Waals surface area contributed by atoms with Crippen molar-refractivity contribution in [3.05, 3.63) is 0 Å². The monoisotopic (exact) mass is 818 g/mol. The molecule has 1 radical (unpaired) electrons. The molecule has 6 aliphatic carbocycles. The standard InChI is InChI=1S/C41H75P3.Co.H3P3/c1-41(32-42(35-20-8-2-9-21-35)36-22-10-3-11-23-36,33-43(37-24-12-4-13-25-37)38-26-14-5-15-27-38)34-44(39-28-16-6-17-29-39)40-30-18-7-19-31-40;;1-2-3-1/h35-40H,2-34H2,1H3;;1-3H/p+3. The first kappa shape index (κ1) is 41.9. The van der Waals surface area contributed by atoms with E-state index in [1.165, 1.54) is 56.6 Å². The molecule has 0 unspecified atom stereocenters. The van der Waals surface area contributed by atoms with Crippen LogP contribution in [-0.4, -0.2) is 52.4 Å². The van der Waals surface area contributed by atoms with E-state index in [9.17, 15) is 0 Å². The van der Waals surface area contributed by atoms with Crippen molar-refractivity contribution in [2.45, 2.75) is 234 Å². The topological polar surface area (TPSA) is 0 Å². The molecule has 281 valence electrons. The minimum atomic E-state index is -0.280. The molecule has 48 heavy (non-hydrogen) atoms. The Balaban J connectivity index is 0.00000107. The van der Waals surface area contributed by atoms with Gasteiger partial charge >= 0.3 is 0 Å². The summed E-state index contributed by atoms with van der Waals surface area (Å²) >= 11 is 0. The largest absolute Gasteiger partial charge is 0.0972 e. The van der Waals surface area contributed by atoms with Crippen LogP contribution >= 0.6 is 46.4 Å². The predicted octanol–water partition coefficient (Wildman–Crippen LogP) is 15.4. The van der Waals surface area contributed by atoms with Crippen LogP contribution in [-0.2, 0) is 16.8 Å². The molecule has 6 aliphatic rings. The van der Waals surface area contributed by atoms with E-state index in [1.54, 1.807) is 211 Å². The van der Waals surface area contributed by atoms with Crippen LogP contribution in [0.2, 0.25) is 0 Å². The fourth-order valence-electron chi connectivity index (χ4n) is 12.4. The van der Waals surface area contributed by atoms with Crippen LogP contribution in [0.4, 0.5) is 0 Å². The van der Waals surface area contributed by atoms with E-state index in [0.29, 0.717) is 0 Å². The number of hydrogen-bond acceptors (Lipinski definition) is 0. The summed E-state index contributed by atoms with van der Waals surface area (Å²) in [5, 5.41) is 0. The molecule has 6 saturated carbocycles. The van der Waals surface area contributed by atoms with Crippen molar-refractivity contribution in [3.8, 4) is 0 Å². The molecule has 0 spiro atoms. The van der Waals surface area contributed by atoms with Crippen molar-refractivity contribution in [2.75, 3.05) is 18.5 Å². The molecule has 0 atom stereocenters. The van der Waals surface area contributed by atoms with Crippen molar-refractivity contribution in [3.63, 3.8) is 0 Å². The quantitative estimate of drug-likeness (QED) is 0.184. The average Bonchev–Trinajstić information content (AvgIpc) is 4.05. The molecular formula is C41H81CoP6+3. The normalized spacial score (nSPS) is 26.2. The molecule has 0 aliphatic heterocycles. The van der Waals surface area contributed by atoms with E-state index in [1.807, 2.05) is 0 Å². The Morgan fingerprint density at radius 2 is 0.500 bits per heavy atom. The molecule has 0 amide bonds. The zero-order valence-corrected chi connectivity index (χ0v) is 38.7. The minimum Gasteiger partial charge on any atom is -0.0972 e. The van der Waals surface area contributed by atoms with E-state index < -0.39 is 0 Å². The molecule has 0 nitrogen and oxygen atoms in total. The molecular weight excluding hydrogens is 737 g/mol. The first-order chi connectivity index (χ1) is 23.2. The van der Waals surface area contributed by atoms with Gasteiger partial charge in [-0.15, -0.1) is 0 Å². The van der Waals surface area contributed by atoms with Gasteiger partial charge in [0.05, 0.1) is 57.9 Å². The third-order valence-electron chi connectivity index (χ3n) is 14.8. The molecule has 1 heterocycles. The van der Waals surface area contributed by atoms with E-state index >= 15 is 0 Å². The fraction of sp³-hybridized carbons (Fsp3) is 1.00. The third kappa shape index (κ3) is 13.5. The van der Waals surface area contributed by atoms with Gasteiger partial charge in [-0.2, -0.15) is 0 Å². The second-order valence-corrected chi connectivity index (χ2v) is 37.6. The van der Waals surface area contributed by atoms with Crippen LogP contribution in [0.15, 0.2) is 0 Å². The Bertz CT molecular complexity index is 737. The zero-order chi connectivity index (χ0) is 32.2. The second-order valence-electron chi connectivity index (χ2n) is 18.5. The van der Waals surface area contributed by atoms with Crippen LogP contribution in [0, 0.1) is 5.41 Å². The maximum atomic E-state index is 3.05. The van der Waals surface area contributed by atoms with Gasteiger partial charge in [-0.05, 0) is 161 Å². The van der Waals surface area contributed by atoms with E-state index in [2.05, 4.69) is 6.92 Å². The van der Waals surface area contributed by atoms with Gasteiger partial charge in [-0.3, -0.25) is 0 Å². The molecule has 1 aromatic rings. The Morgan fingerprint density at radius 1 is 0.333 bits per heavy atom. The average molecular weight is 819 g/mol. The zero-order valence-electron chi connectivity index (χ0n) is 31.6. The SMILES string of the molecule is CC(C[PH+](C1CCCCC1)C1CCCCC1)(C[PH+](C1CCCCC1)C1CCCCC1)C[PH+](C1CCCCC1)C1CCCCC1.[Co].[pH]1[pH][pH]1. The van der Waals surface area contributed by atoms with E-state index in [-0.39, 0.29) is 40.5 Å². The molecule has 0 bridgehead atoms. The maximum absolute atomic E-state index is 3.05. The van der Waals surface area contributed by atoms with Crippen LogP contribution < -0.4 is 0 Å². The summed E-state index contributed by atoms with van der Waals surface area (Å²) in [4.78, 5) is 0. The second kappa shape index (κ2) is 22.9. The molecule has 7 heteroatoms. The van der Waals surface area contributed by atoms with Gasteiger partial charge in [-0.1, -0.05) is 61.2 Å². The summed E-state index contributed by atoms with van der Waals surface area (Å²) < 4.78 is 0. The molecule has 0 aromatic carbocycles. The van der Waals surface area contributed by atoms with Crippen molar-refractivity contribution in [1.29, 1.82) is 0 Å². The van der Waals surface area contributed by atoms with Crippen molar-refractivity contribution in [1.82, 2.24) is 0 Å². The summed E-state index contributed by atoms with van der Waals surface area (Å²) in [5.41, 5.74) is 7.86. The van der Waals surface area contributed by atoms with E-state index in [4.69, 9.17) is 0 Å². The predicted molar refractivity (Wildman–Crippen MR) is 234 cm³/mol. The van der Waals surface area contributed by atoms with Gasteiger partial charge in [0.25, 0.3) is 0 Å².